The zero-order chi connectivity index (χ0) is 18.3. The molecule has 0 aliphatic rings. The third-order valence-corrected chi connectivity index (χ3v) is 4.74. The first kappa shape index (κ1) is 19.5. The molecule has 0 heterocycles. The van der Waals surface area contributed by atoms with Crippen LogP contribution in [0.15, 0.2) is 54.6 Å². The van der Waals surface area contributed by atoms with Gasteiger partial charge in [-0.05, 0) is 49.9 Å². The lowest BCUT2D eigenvalue weighted by Crippen LogP contribution is -2.51. The first-order chi connectivity index (χ1) is 12.0. The molecule has 0 amide bonds. The van der Waals surface area contributed by atoms with E-state index in [0.29, 0.717) is 0 Å². The van der Waals surface area contributed by atoms with Gasteiger partial charge < -0.3 is 15.2 Å². The highest BCUT2D eigenvalue weighted by atomic mass is 16.5. The van der Waals surface area contributed by atoms with E-state index in [9.17, 15) is 5.11 Å². The van der Waals surface area contributed by atoms with Crippen molar-refractivity contribution in [1.29, 1.82) is 0 Å². The van der Waals surface area contributed by atoms with Gasteiger partial charge in [0.1, 0.15) is 5.75 Å². The summed E-state index contributed by atoms with van der Waals surface area (Å²) in [5.74, 6) is 0.854. The van der Waals surface area contributed by atoms with Gasteiger partial charge in [0.2, 0.25) is 0 Å². The number of aliphatic hydroxyl groups excluding tert-OH is 1. The molecule has 2 rings (SSSR count). The number of methoxy groups -OCH3 is 1. The molecule has 0 radical (unpaired) electrons. The van der Waals surface area contributed by atoms with Crippen LogP contribution in [0.25, 0.3) is 0 Å². The van der Waals surface area contributed by atoms with Gasteiger partial charge in [-0.15, -0.1) is 0 Å². The highest BCUT2D eigenvalue weighted by molar-refractivity contribution is 5.31. The SMILES string of the molecule is CCCC(O)C(C)(C)NC(Cc1ccccc1)c1ccc(OC)cc1. The third-order valence-electron chi connectivity index (χ3n) is 4.74. The Kier molecular flexibility index (Phi) is 7.03. The molecule has 0 bridgehead atoms. The summed E-state index contributed by atoms with van der Waals surface area (Å²) in [4.78, 5) is 0. The van der Waals surface area contributed by atoms with E-state index in [0.717, 1.165) is 25.0 Å². The Balaban J connectivity index is 2.24. The standard InChI is InChI=1S/C22H31NO2/c1-5-9-21(24)22(2,3)23-20(16-17-10-7-6-8-11-17)18-12-14-19(25-4)15-13-18/h6-8,10-15,20-21,23-24H,5,9,16H2,1-4H3. The third kappa shape index (κ3) is 5.58. The molecular weight excluding hydrogens is 310 g/mol. The summed E-state index contributed by atoms with van der Waals surface area (Å²) < 4.78 is 5.28. The molecule has 3 nitrogen and oxygen atoms in total. The van der Waals surface area contributed by atoms with Crippen molar-refractivity contribution in [3.63, 3.8) is 0 Å². The second kappa shape index (κ2) is 9.02. The second-order valence-electron chi connectivity index (χ2n) is 7.19. The van der Waals surface area contributed by atoms with E-state index in [-0.39, 0.29) is 17.7 Å². The summed E-state index contributed by atoms with van der Waals surface area (Å²) >= 11 is 0. The number of ether oxygens (including phenoxy) is 1. The van der Waals surface area contributed by atoms with E-state index in [1.54, 1.807) is 7.11 Å². The van der Waals surface area contributed by atoms with E-state index in [2.05, 4.69) is 62.5 Å². The molecule has 0 saturated carbocycles. The maximum absolute atomic E-state index is 10.5. The largest absolute Gasteiger partial charge is 0.497 e. The molecule has 0 aliphatic heterocycles. The molecule has 2 aromatic rings. The number of hydrogen-bond acceptors (Lipinski definition) is 3. The maximum atomic E-state index is 10.5. The molecule has 25 heavy (non-hydrogen) atoms. The molecule has 0 fully saturated rings. The Morgan fingerprint density at radius 1 is 1.04 bits per heavy atom. The summed E-state index contributed by atoms with van der Waals surface area (Å²) in [6.07, 6.45) is 2.25. The van der Waals surface area contributed by atoms with Crippen molar-refractivity contribution in [3.05, 3.63) is 65.7 Å². The molecule has 2 atom stereocenters. The normalized spacial score (nSPS) is 14.1. The fourth-order valence-electron chi connectivity index (χ4n) is 3.12. The average molecular weight is 341 g/mol. The minimum atomic E-state index is -0.381. The number of nitrogens with one attached hydrogen (secondary N) is 1. The fourth-order valence-corrected chi connectivity index (χ4v) is 3.12. The lowest BCUT2D eigenvalue weighted by molar-refractivity contribution is 0.0642. The van der Waals surface area contributed by atoms with Crippen LogP contribution in [0.3, 0.4) is 0 Å². The van der Waals surface area contributed by atoms with Crippen LogP contribution in [0.5, 0.6) is 5.75 Å². The molecule has 0 aliphatic carbocycles. The zero-order valence-electron chi connectivity index (χ0n) is 15.8. The van der Waals surface area contributed by atoms with Crippen LogP contribution < -0.4 is 10.1 Å². The topological polar surface area (TPSA) is 41.5 Å². The molecule has 2 N–H and O–H groups in total. The van der Waals surface area contributed by atoms with E-state index >= 15 is 0 Å². The predicted molar refractivity (Wildman–Crippen MR) is 104 cm³/mol. The van der Waals surface area contributed by atoms with Crippen molar-refractivity contribution in [1.82, 2.24) is 5.32 Å². The minimum absolute atomic E-state index is 0.120. The highest BCUT2D eigenvalue weighted by Crippen LogP contribution is 2.26. The summed E-state index contributed by atoms with van der Waals surface area (Å²) in [7, 11) is 1.68. The van der Waals surface area contributed by atoms with Crippen LogP contribution in [0, 0.1) is 0 Å². The molecule has 2 unspecified atom stereocenters. The predicted octanol–water partition coefficient (Wildman–Crippen LogP) is 4.51. The molecule has 136 valence electrons. The van der Waals surface area contributed by atoms with Gasteiger partial charge >= 0.3 is 0 Å². The minimum Gasteiger partial charge on any atom is -0.497 e. The molecule has 3 heteroatoms. The Hall–Kier alpha value is -1.84. The van der Waals surface area contributed by atoms with E-state index < -0.39 is 0 Å². The lowest BCUT2D eigenvalue weighted by Gasteiger charge is -2.36. The van der Waals surface area contributed by atoms with Crippen LogP contribution in [-0.2, 0) is 6.42 Å². The Labute approximate surface area is 152 Å². The quantitative estimate of drug-likeness (QED) is 0.705. The Bertz CT molecular complexity index is 622. The summed E-state index contributed by atoms with van der Waals surface area (Å²) in [6, 6.07) is 18.8. The van der Waals surface area contributed by atoms with Gasteiger partial charge in [0, 0.05) is 11.6 Å². The highest BCUT2D eigenvalue weighted by Gasteiger charge is 2.30. The summed E-state index contributed by atoms with van der Waals surface area (Å²) in [5.41, 5.74) is 2.10. The van der Waals surface area contributed by atoms with Crippen molar-refractivity contribution in [3.8, 4) is 5.75 Å². The number of hydrogen-bond donors (Lipinski definition) is 2. The summed E-state index contributed by atoms with van der Waals surface area (Å²) in [6.45, 7) is 6.26. The van der Waals surface area contributed by atoms with Gasteiger partial charge in [-0.2, -0.15) is 0 Å². The van der Waals surface area contributed by atoms with Crippen LogP contribution >= 0.6 is 0 Å². The first-order valence-electron chi connectivity index (χ1n) is 9.10. The van der Waals surface area contributed by atoms with Gasteiger partial charge in [0.25, 0.3) is 0 Å². The van der Waals surface area contributed by atoms with Gasteiger partial charge in [-0.25, -0.2) is 0 Å². The molecule has 2 aromatic carbocycles. The number of rotatable bonds is 9. The van der Waals surface area contributed by atoms with E-state index in [1.165, 1.54) is 11.1 Å². The number of aliphatic hydroxyl groups is 1. The van der Waals surface area contributed by atoms with Crippen LogP contribution in [0.1, 0.15) is 50.8 Å². The second-order valence-corrected chi connectivity index (χ2v) is 7.19. The lowest BCUT2D eigenvalue weighted by atomic mass is 9.89. The van der Waals surface area contributed by atoms with Gasteiger partial charge in [0.05, 0.1) is 13.2 Å². The van der Waals surface area contributed by atoms with Gasteiger partial charge in [-0.1, -0.05) is 55.8 Å². The van der Waals surface area contributed by atoms with Gasteiger partial charge in [0.15, 0.2) is 0 Å². The fraction of sp³-hybridized carbons (Fsp3) is 0.455. The molecule has 0 saturated heterocycles. The number of benzene rings is 2. The monoisotopic (exact) mass is 341 g/mol. The maximum Gasteiger partial charge on any atom is 0.118 e. The molecule has 0 spiro atoms. The first-order valence-corrected chi connectivity index (χ1v) is 9.10. The van der Waals surface area contributed by atoms with Crippen LogP contribution in [0.4, 0.5) is 0 Å². The molecule has 0 aromatic heterocycles. The zero-order valence-corrected chi connectivity index (χ0v) is 15.8. The summed E-state index contributed by atoms with van der Waals surface area (Å²) in [5, 5.41) is 14.2. The van der Waals surface area contributed by atoms with Crippen molar-refractivity contribution in [2.45, 2.75) is 57.7 Å². The Morgan fingerprint density at radius 3 is 2.24 bits per heavy atom. The van der Waals surface area contributed by atoms with Crippen LogP contribution in [0.2, 0.25) is 0 Å². The van der Waals surface area contributed by atoms with Crippen molar-refractivity contribution >= 4 is 0 Å². The van der Waals surface area contributed by atoms with Gasteiger partial charge in [-0.3, -0.25) is 0 Å². The van der Waals surface area contributed by atoms with Crippen molar-refractivity contribution in [2.75, 3.05) is 7.11 Å². The van der Waals surface area contributed by atoms with E-state index in [1.807, 2.05) is 18.2 Å². The molecular formula is C22H31NO2. The van der Waals surface area contributed by atoms with E-state index in [4.69, 9.17) is 4.74 Å². The average Bonchev–Trinajstić information content (AvgIpc) is 2.62. The van der Waals surface area contributed by atoms with Crippen molar-refractivity contribution < 1.29 is 9.84 Å². The smallest absolute Gasteiger partial charge is 0.118 e. The Morgan fingerprint density at radius 2 is 1.68 bits per heavy atom. The van der Waals surface area contributed by atoms with Crippen LogP contribution in [-0.4, -0.2) is 23.9 Å². The van der Waals surface area contributed by atoms with Crippen molar-refractivity contribution in [2.24, 2.45) is 0 Å².